The fourth-order valence-electron chi connectivity index (χ4n) is 6.20. The number of hydrogen-bond donors (Lipinski definition) is 2. The predicted octanol–water partition coefficient (Wildman–Crippen LogP) is 7.71. The first-order valence-electron chi connectivity index (χ1n) is 14.5. The number of methoxy groups -OCH3 is 1. The lowest BCUT2D eigenvalue weighted by atomic mass is 9.98. The molecule has 0 saturated heterocycles. The second-order valence-electron chi connectivity index (χ2n) is 11.0. The highest BCUT2D eigenvalue weighted by Crippen LogP contribution is 2.36. The molecule has 1 heterocycles. The summed E-state index contributed by atoms with van der Waals surface area (Å²) in [6.07, 6.45) is 6.81. The zero-order valence-corrected chi connectivity index (χ0v) is 23.6. The van der Waals surface area contributed by atoms with Crippen molar-refractivity contribution >= 4 is 28.5 Å². The molecular weight excluding hydrogens is 524 g/mol. The summed E-state index contributed by atoms with van der Waals surface area (Å²) in [5.74, 6) is -0.302. The Balaban J connectivity index is 1.48. The Morgan fingerprint density at radius 3 is 2.17 bits per heavy atom. The van der Waals surface area contributed by atoms with Crippen LogP contribution < -0.4 is 10.1 Å². The molecule has 1 fully saturated rings. The van der Waals surface area contributed by atoms with Gasteiger partial charge in [-0.05, 0) is 65.4 Å². The van der Waals surface area contributed by atoms with Crippen molar-refractivity contribution in [2.24, 2.45) is 5.92 Å². The van der Waals surface area contributed by atoms with E-state index in [0.717, 1.165) is 64.5 Å². The highest BCUT2D eigenvalue weighted by atomic mass is 16.5. The molecule has 0 unspecified atom stereocenters. The molecule has 1 amide bonds. The van der Waals surface area contributed by atoms with Gasteiger partial charge in [0.05, 0.1) is 18.7 Å². The molecule has 0 bridgehead atoms. The largest absolute Gasteiger partial charge is 0.496 e. The molecule has 0 aliphatic heterocycles. The van der Waals surface area contributed by atoms with Crippen LogP contribution >= 0.6 is 0 Å². The van der Waals surface area contributed by atoms with Crippen LogP contribution in [0.1, 0.15) is 64.3 Å². The van der Waals surface area contributed by atoms with Gasteiger partial charge in [0, 0.05) is 35.1 Å². The fraction of sp³-hybridized carbons (Fsp3) is 0.222. The summed E-state index contributed by atoms with van der Waals surface area (Å²) < 4.78 is 7.92. The number of anilines is 1. The molecule has 212 valence electrons. The van der Waals surface area contributed by atoms with Gasteiger partial charge in [-0.1, -0.05) is 79.6 Å². The fourth-order valence-corrected chi connectivity index (χ4v) is 6.20. The van der Waals surface area contributed by atoms with Crippen LogP contribution in [0.3, 0.4) is 0 Å². The summed E-state index contributed by atoms with van der Waals surface area (Å²) >= 11 is 0. The molecule has 0 radical (unpaired) electrons. The molecule has 42 heavy (non-hydrogen) atoms. The van der Waals surface area contributed by atoms with Gasteiger partial charge < -0.3 is 19.7 Å². The molecule has 1 aliphatic carbocycles. The van der Waals surface area contributed by atoms with Gasteiger partial charge in [-0.2, -0.15) is 0 Å². The summed E-state index contributed by atoms with van der Waals surface area (Å²) in [5.41, 5.74) is 6.27. The van der Waals surface area contributed by atoms with Gasteiger partial charge in [0.15, 0.2) is 0 Å². The van der Waals surface area contributed by atoms with Gasteiger partial charge >= 0.3 is 5.97 Å². The van der Waals surface area contributed by atoms with E-state index in [9.17, 15) is 14.7 Å². The van der Waals surface area contributed by atoms with Crippen LogP contribution in [0.5, 0.6) is 5.75 Å². The van der Waals surface area contributed by atoms with E-state index in [1.54, 1.807) is 19.2 Å². The zero-order chi connectivity index (χ0) is 29.1. The first-order valence-corrected chi connectivity index (χ1v) is 14.5. The average molecular weight is 559 g/mol. The van der Waals surface area contributed by atoms with Crippen molar-refractivity contribution in [3.8, 4) is 5.75 Å². The predicted molar refractivity (Wildman–Crippen MR) is 165 cm³/mol. The Hall–Kier alpha value is -4.84. The van der Waals surface area contributed by atoms with Gasteiger partial charge in [0.25, 0.3) is 0 Å². The van der Waals surface area contributed by atoms with E-state index in [1.165, 1.54) is 0 Å². The topological polar surface area (TPSA) is 80.6 Å². The highest BCUT2D eigenvalue weighted by Gasteiger charge is 2.24. The lowest BCUT2D eigenvalue weighted by Gasteiger charge is -2.22. The van der Waals surface area contributed by atoms with Gasteiger partial charge in [0.1, 0.15) is 5.75 Å². The Labute approximate surface area is 245 Å². The van der Waals surface area contributed by atoms with Gasteiger partial charge in [-0.15, -0.1) is 0 Å². The molecule has 2 N–H and O–H groups in total. The molecule has 0 atom stereocenters. The number of carbonyl (C=O) groups is 2. The van der Waals surface area contributed by atoms with E-state index in [0.29, 0.717) is 12.2 Å². The van der Waals surface area contributed by atoms with Crippen LogP contribution in [-0.4, -0.2) is 28.7 Å². The van der Waals surface area contributed by atoms with Crippen molar-refractivity contribution in [1.29, 1.82) is 0 Å². The molecule has 5 aromatic rings. The van der Waals surface area contributed by atoms with Crippen molar-refractivity contribution in [2.45, 2.75) is 38.1 Å². The summed E-state index contributed by atoms with van der Waals surface area (Å²) in [5, 5.41) is 13.7. The first kappa shape index (κ1) is 27.3. The minimum atomic E-state index is -0.993. The van der Waals surface area contributed by atoms with Crippen molar-refractivity contribution in [1.82, 2.24) is 4.57 Å². The number of ether oxygens (including phenoxy) is 1. The third-order valence-electron chi connectivity index (χ3n) is 8.33. The first-order chi connectivity index (χ1) is 20.5. The Morgan fingerprint density at radius 1 is 0.881 bits per heavy atom. The van der Waals surface area contributed by atoms with Crippen molar-refractivity contribution in [3.05, 3.63) is 131 Å². The van der Waals surface area contributed by atoms with Gasteiger partial charge in [0.2, 0.25) is 5.91 Å². The maximum atomic E-state index is 13.0. The average Bonchev–Trinajstić information content (AvgIpc) is 3.68. The van der Waals surface area contributed by atoms with Crippen LogP contribution in [-0.2, 0) is 11.2 Å². The molecule has 6 rings (SSSR count). The molecule has 1 aliphatic rings. The number of benzene rings is 4. The van der Waals surface area contributed by atoms with Crippen LogP contribution in [0.4, 0.5) is 5.69 Å². The van der Waals surface area contributed by atoms with Crippen LogP contribution in [0.15, 0.2) is 103 Å². The maximum absolute atomic E-state index is 13.0. The summed E-state index contributed by atoms with van der Waals surface area (Å²) in [7, 11) is 1.56. The number of hydrogen-bond acceptors (Lipinski definition) is 3. The smallest absolute Gasteiger partial charge is 0.335 e. The summed E-state index contributed by atoms with van der Waals surface area (Å²) in [6, 6.07) is 32.0. The van der Waals surface area contributed by atoms with E-state index in [2.05, 4.69) is 76.7 Å². The lowest BCUT2D eigenvalue weighted by Crippen LogP contribution is -2.20. The van der Waals surface area contributed by atoms with E-state index < -0.39 is 5.97 Å². The SMILES string of the molecule is COc1cc(C(=O)O)ccc1Cc1cn(C(c2ccccc2)c2ccccc2)c2ccc(NC(=O)C3CCCC3)cc12. The molecule has 6 heteroatoms. The van der Waals surface area contributed by atoms with Gasteiger partial charge in [-0.3, -0.25) is 4.79 Å². The van der Waals surface area contributed by atoms with E-state index in [1.807, 2.05) is 24.3 Å². The Bertz CT molecular complexity index is 1680. The van der Waals surface area contributed by atoms with Gasteiger partial charge in [-0.25, -0.2) is 4.79 Å². The van der Waals surface area contributed by atoms with E-state index in [-0.39, 0.29) is 23.4 Å². The number of nitrogens with zero attached hydrogens (tertiary/aromatic N) is 1. The van der Waals surface area contributed by atoms with Crippen LogP contribution in [0.25, 0.3) is 10.9 Å². The molecular formula is C36H34N2O4. The number of aromatic carboxylic acids is 1. The third-order valence-corrected chi connectivity index (χ3v) is 8.33. The number of carboxylic acid groups (broad SMARTS) is 1. The monoisotopic (exact) mass is 558 g/mol. The third kappa shape index (κ3) is 5.53. The molecule has 1 saturated carbocycles. The number of nitrogens with one attached hydrogen (secondary N) is 1. The number of fused-ring (bicyclic) bond motifs is 1. The Morgan fingerprint density at radius 2 is 1.55 bits per heavy atom. The standard InChI is InChI=1S/C36H34N2O4/c1-42-33-21-28(36(40)41)17-16-27(33)20-29-23-38(34(24-10-4-2-5-11-24)25-12-6-3-7-13-25)32-19-18-30(22-31(29)32)37-35(39)26-14-8-9-15-26/h2-7,10-13,16-19,21-23,26,34H,8-9,14-15,20H2,1H3,(H,37,39)(H,40,41). The number of amides is 1. The zero-order valence-electron chi connectivity index (χ0n) is 23.6. The molecule has 1 aromatic heterocycles. The minimum absolute atomic E-state index is 0.0705. The number of carboxylic acids is 1. The van der Waals surface area contributed by atoms with Crippen molar-refractivity contribution < 1.29 is 19.4 Å². The maximum Gasteiger partial charge on any atom is 0.335 e. The number of aromatic nitrogens is 1. The van der Waals surface area contributed by atoms with Crippen molar-refractivity contribution in [2.75, 3.05) is 12.4 Å². The number of carbonyl (C=O) groups excluding carboxylic acids is 1. The summed E-state index contributed by atoms with van der Waals surface area (Å²) in [6.45, 7) is 0. The Kier molecular flexibility index (Phi) is 7.78. The quantitative estimate of drug-likeness (QED) is 0.194. The second-order valence-corrected chi connectivity index (χ2v) is 11.0. The minimum Gasteiger partial charge on any atom is -0.496 e. The van der Waals surface area contributed by atoms with Crippen LogP contribution in [0.2, 0.25) is 0 Å². The lowest BCUT2D eigenvalue weighted by molar-refractivity contribution is -0.119. The second kappa shape index (κ2) is 12.0. The molecule has 0 spiro atoms. The highest BCUT2D eigenvalue weighted by molar-refractivity contribution is 5.96. The number of rotatable bonds is 9. The normalized spacial score (nSPS) is 13.5. The van der Waals surface area contributed by atoms with E-state index in [4.69, 9.17) is 4.74 Å². The molecule has 4 aromatic carbocycles. The summed E-state index contributed by atoms with van der Waals surface area (Å²) in [4.78, 5) is 24.6. The van der Waals surface area contributed by atoms with Crippen LogP contribution in [0, 0.1) is 5.92 Å². The molecule has 6 nitrogen and oxygen atoms in total. The van der Waals surface area contributed by atoms with Crippen molar-refractivity contribution in [3.63, 3.8) is 0 Å². The van der Waals surface area contributed by atoms with E-state index >= 15 is 0 Å².